The molecule has 0 unspecified atom stereocenters. The summed E-state index contributed by atoms with van der Waals surface area (Å²) in [5, 5.41) is 0. The zero-order valence-electron chi connectivity index (χ0n) is 7.95. The van der Waals surface area contributed by atoms with Crippen molar-refractivity contribution in [2.24, 2.45) is 5.92 Å². The third-order valence-electron chi connectivity index (χ3n) is 3.39. The average molecular weight is 181 g/mol. The predicted molar refractivity (Wildman–Crippen MR) is 48.1 cm³/mol. The van der Waals surface area contributed by atoms with Crippen LogP contribution in [0.3, 0.4) is 0 Å². The van der Waals surface area contributed by atoms with Crippen molar-refractivity contribution < 1.29 is 9.59 Å². The van der Waals surface area contributed by atoms with E-state index in [1.165, 1.54) is 0 Å². The van der Waals surface area contributed by atoms with Crippen LogP contribution in [0, 0.1) is 5.92 Å². The summed E-state index contributed by atoms with van der Waals surface area (Å²) in [5.41, 5.74) is 0. The van der Waals surface area contributed by atoms with E-state index in [4.69, 9.17) is 0 Å². The highest BCUT2D eigenvalue weighted by atomic mass is 16.2. The second-order valence-electron chi connectivity index (χ2n) is 4.15. The first-order chi connectivity index (χ1) is 6.18. The van der Waals surface area contributed by atoms with Gasteiger partial charge in [-0.15, -0.1) is 0 Å². The van der Waals surface area contributed by atoms with Gasteiger partial charge in [-0.3, -0.25) is 9.59 Å². The second kappa shape index (κ2) is 3.13. The van der Waals surface area contributed by atoms with Gasteiger partial charge < -0.3 is 4.90 Å². The summed E-state index contributed by atoms with van der Waals surface area (Å²) in [6.07, 6.45) is 3.96. The Morgan fingerprint density at radius 3 is 2.69 bits per heavy atom. The molecule has 13 heavy (non-hydrogen) atoms. The Kier molecular flexibility index (Phi) is 2.10. The minimum Gasteiger partial charge on any atom is -0.342 e. The summed E-state index contributed by atoms with van der Waals surface area (Å²) in [5.74, 6) is 1.11. The Labute approximate surface area is 78.1 Å². The number of amides is 1. The van der Waals surface area contributed by atoms with Gasteiger partial charge in [-0.05, 0) is 18.8 Å². The molecular formula is C10H15NO2. The molecular weight excluding hydrogens is 166 g/mol. The zero-order chi connectivity index (χ0) is 9.42. The van der Waals surface area contributed by atoms with Gasteiger partial charge in [0, 0.05) is 32.4 Å². The Morgan fingerprint density at radius 2 is 1.92 bits per heavy atom. The maximum atomic E-state index is 11.4. The lowest BCUT2D eigenvalue weighted by Gasteiger charge is -2.41. The second-order valence-corrected chi connectivity index (χ2v) is 4.15. The third-order valence-corrected chi connectivity index (χ3v) is 3.39. The molecule has 0 radical (unpaired) electrons. The molecule has 0 spiro atoms. The quantitative estimate of drug-likeness (QED) is 0.558. The van der Waals surface area contributed by atoms with E-state index in [1.807, 2.05) is 7.05 Å². The van der Waals surface area contributed by atoms with Crippen molar-refractivity contribution in [2.75, 3.05) is 7.05 Å². The number of fused-ring (bicyclic) bond motifs is 1. The van der Waals surface area contributed by atoms with Crippen LogP contribution in [0.1, 0.15) is 32.1 Å². The molecule has 1 aliphatic heterocycles. The lowest BCUT2D eigenvalue weighted by atomic mass is 9.78. The van der Waals surface area contributed by atoms with Gasteiger partial charge in [0.05, 0.1) is 0 Å². The van der Waals surface area contributed by atoms with Crippen molar-refractivity contribution >= 4 is 11.7 Å². The summed E-state index contributed by atoms with van der Waals surface area (Å²) in [6, 6.07) is 0.211. The number of nitrogens with zero attached hydrogens (tertiary/aromatic N) is 1. The maximum absolute atomic E-state index is 11.4. The minimum absolute atomic E-state index is 0.205. The fourth-order valence-electron chi connectivity index (χ4n) is 2.50. The lowest BCUT2D eigenvalue weighted by molar-refractivity contribution is -0.140. The maximum Gasteiger partial charge on any atom is 0.222 e. The normalized spacial score (nSPS) is 34.7. The van der Waals surface area contributed by atoms with Crippen molar-refractivity contribution in [3.05, 3.63) is 0 Å². The molecule has 1 saturated carbocycles. The number of Topliss-reactive ketones (excluding diaryl/α,β-unsaturated/α-hetero) is 1. The topological polar surface area (TPSA) is 37.4 Å². The number of carbonyl (C=O) groups excluding carboxylic acids is 2. The summed E-state index contributed by atoms with van der Waals surface area (Å²) in [7, 11) is 1.83. The van der Waals surface area contributed by atoms with Crippen LogP contribution in [0.2, 0.25) is 0 Å². The number of ketones is 1. The van der Waals surface area contributed by atoms with Crippen molar-refractivity contribution in [3.63, 3.8) is 0 Å². The molecule has 0 aromatic heterocycles. The van der Waals surface area contributed by atoms with Crippen molar-refractivity contribution in [1.82, 2.24) is 4.90 Å². The summed E-state index contributed by atoms with van der Waals surface area (Å²) in [4.78, 5) is 24.4. The van der Waals surface area contributed by atoms with Gasteiger partial charge >= 0.3 is 0 Å². The first-order valence-corrected chi connectivity index (χ1v) is 4.96. The molecule has 2 fully saturated rings. The monoisotopic (exact) mass is 181 g/mol. The van der Waals surface area contributed by atoms with Gasteiger partial charge in [0.25, 0.3) is 0 Å². The molecule has 0 aromatic carbocycles. The summed E-state index contributed by atoms with van der Waals surface area (Å²) < 4.78 is 0. The highest BCUT2D eigenvalue weighted by Crippen LogP contribution is 2.33. The van der Waals surface area contributed by atoms with E-state index in [-0.39, 0.29) is 11.9 Å². The zero-order valence-corrected chi connectivity index (χ0v) is 7.95. The van der Waals surface area contributed by atoms with Crippen LogP contribution in [-0.4, -0.2) is 29.7 Å². The van der Waals surface area contributed by atoms with Crippen LogP contribution in [0.25, 0.3) is 0 Å². The van der Waals surface area contributed by atoms with Crippen molar-refractivity contribution in [1.29, 1.82) is 0 Å². The van der Waals surface area contributed by atoms with Gasteiger partial charge in [0.2, 0.25) is 5.91 Å². The number of carbonyl (C=O) groups is 2. The van der Waals surface area contributed by atoms with Gasteiger partial charge in [0.1, 0.15) is 5.78 Å². The minimum atomic E-state index is 0.205. The van der Waals surface area contributed by atoms with Crippen LogP contribution in [0.4, 0.5) is 0 Å². The smallest absolute Gasteiger partial charge is 0.222 e. The highest BCUT2D eigenvalue weighted by Gasteiger charge is 2.37. The number of likely N-dealkylation sites (tertiary alicyclic amines) is 1. The van der Waals surface area contributed by atoms with Crippen molar-refractivity contribution in [2.45, 2.75) is 38.1 Å². The highest BCUT2D eigenvalue weighted by molar-refractivity contribution is 5.83. The SMILES string of the molecule is CN1C(=O)CC[C@@H]2CCC(=O)C[C@@H]21. The van der Waals surface area contributed by atoms with Crippen molar-refractivity contribution in [3.8, 4) is 0 Å². The molecule has 2 rings (SSSR count). The van der Waals surface area contributed by atoms with E-state index in [0.29, 0.717) is 24.5 Å². The van der Waals surface area contributed by atoms with E-state index >= 15 is 0 Å². The Bertz CT molecular complexity index is 247. The Morgan fingerprint density at radius 1 is 1.23 bits per heavy atom. The molecule has 1 heterocycles. The molecule has 1 aliphatic carbocycles. The largest absolute Gasteiger partial charge is 0.342 e. The van der Waals surface area contributed by atoms with E-state index in [9.17, 15) is 9.59 Å². The summed E-state index contributed by atoms with van der Waals surface area (Å²) >= 11 is 0. The fourth-order valence-corrected chi connectivity index (χ4v) is 2.50. The van der Waals surface area contributed by atoms with Gasteiger partial charge in [0.15, 0.2) is 0 Å². The number of hydrogen-bond acceptors (Lipinski definition) is 2. The van der Waals surface area contributed by atoms with Crippen LogP contribution in [0.5, 0.6) is 0 Å². The van der Waals surface area contributed by atoms with Crippen LogP contribution in [-0.2, 0) is 9.59 Å². The third kappa shape index (κ3) is 1.47. The fraction of sp³-hybridized carbons (Fsp3) is 0.800. The van der Waals surface area contributed by atoms with E-state index in [1.54, 1.807) is 4.90 Å². The molecule has 2 aliphatic rings. The number of piperidine rings is 1. The summed E-state index contributed by atoms with van der Waals surface area (Å²) in [6.45, 7) is 0. The predicted octanol–water partition coefficient (Wildman–Crippen LogP) is 0.976. The molecule has 0 bridgehead atoms. The van der Waals surface area contributed by atoms with Crippen LogP contribution in [0.15, 0.2) is 0 Å². The van der Waals surface area contributed by atoms with Gasteiger partial charge in [-0.1, -0.05) is 0 Å². The molecule has 0 aromatic rings. The van der Waals surface area contributed by atoms with E-state index < -0.39 is 0 Å². The van der Waals surface area contributed by atoms with Gasteiger partial charge in [-0.25, -0.2) is 0 Å². The Hall–Kier alpha value is -0.860. The van der Waals surface area contributed by atoms with Gasteiger partial charge in [-0.2, -0.15) is 0 Å². The van der Waals surface area contributed by atoms with Crippen LogP contribution >= 0.6 is 0 Å². The first-order valence-electron chi connectivity index (χ1n) is 4.96. The lowest BCUT2D eigenvalue weighted by Crippen LogP contribution is -2.49. The number of rotatable bonds is 0. The molecule has 0 N–H and O–H groups in total. The standard InChI is InChI=1S/C10H15NO2/c1-11-9-6-8(12)4-2-7(9)3-5-10(11)13/h7,9H,2-6H2,1H3/t7-,9-/m0/s1. The molecule has 2 atom stereocenters. The Balaban J connectivity index is 2.12. The molecule has 72 valence electrons. The van der Waals surface area contributed by atoms with E-state index in [2.05, 4.69) is 0 Å². The molecule has 1 amide bonds. The van der Waals surface area contributed by atoms with E-state index in [0.717, 1.165) is 19.3 Å². The molecule has 1 saturated heterocycles. The molecule has 3 heteroatoms. The van der Waals surface area contributed by atoms with Crippen LogP contribution < -0.4 is 0 Å². The first kappa shape index (κ1) is 8.73. The average Bonchev–Trinajstić information content (AvgIpc) is 2.12. The number of hydrogen-bond donors (Lipinski definition) is 0. The molecule has 3 nitrogen and oxygen atoms in total.